The highest BCUT2D eigenvalue weighted by Crippen LogP contribution is 2.39. The third-order valence-corrected chi connectivity index (χ3v) is 7.61. The highest BCUT2D eigenvalue weighted by atomic mass is 35.5. The number of benzene rings is 2. The monoisotopic (exact) mass is 420 g/mol. The molecule has 2 aromatic rings. The largest absolute Gasteiger partial charge is 0.348 e. The molecule has 1 aliphatic rings. The van der Waals surface area contributed by atoms with Crippen LogP contribution in [-0.4, -0.2) is 50.7 Å². The van der Waals surface area contributed by atoms with Crippen molar-refractivity contribution in [3.05, 3.63) is 64.7 Å². The molecule has 28 heavy (non-hydrogen) atoms. The van der Waals surface area contributed by atoms with Crippen molar-refractivity contribution in [2.24, 2.45) is 0 Å². The molecule has 3 rings (SSSR count). The van der Waals surface area contributed by atoms with Crippen LogP contribution < -0.4 is 0 Å². The molecule has 0 radical (unpaired) electrons. The number of likely N-dealkylation sites (N-methyl/N-ethyl adjacent to an activating group) is 1. The average molecular weight is 421 g/mol. The first-order chi connectivity index (χ1) is 13.2. The van der Waals surface area contributed by atoms with E-state index in [-0.39, 0.29) is 10.8 Å². The number of carbonyl (C=O) groups is 1. The Morgan fingerprint density at radius 1 is 1.00 bits per heavy atom. The standard InChI is InChI=1S/C21H25ClN2O3S/c1-16-4-10-19(11-5-16)28(26,27)24-14-12-21(13-15-24,20(25)23(2)3)17-6-8-18(22)9-7-17/h4-11H,12-15H2,1-3H3. The Balaban J connectivity index is 1.90. The summed E-state index contributed by atoms with van der Waals surface area (Å²) < 4.78 is 27.5. The number of piperidine rings is 1. The molecular weight excluding hydrogens is 396 g/mol. The van der Waals surface area contributed by atoms with Gasteiger partial charge in [0.15, 0.2) is 0 Å². The van der Waals surface area contributed by atoms with E-state index >= 15 is 0 Å². The predicted molar refractivity (Wildman–Crippen MR) is 111 cm³/mol. The Bertz CT molecular complexity index is 946. The predicted octanol–water partition coefficient (Wildman–Crippen LogP) is 3.46. The summed E-state index contributed by atoms with van der Waals surface area (Å²) in [4.78, 5) is 15.0. The third kappa shape index (κ3) is 3.81. The molecule has 0 bridgehead atoms. The molecule has 0 N–H and O–H groups in total. The fraction of sp³-hybridized carbons (Fsp3) is 0.381. The summed E-state index contributed by atoms with van der Waals surface area (Å²) in [5.74, 6) is -0.0118. The van der Waals surface area contributed by atoms with Gasteiger partial charge in [-0.05, 0) is 49.6 Å². The summed E-state index contributed by atoms with van der Waals surface area (Å²) in [6, 6.07) is 14.2. The molecule has 0 saturated carbocycles. The second kappa shape index (κ2) is 7.85. The van der Waals surface area contributed by atoms with Crippen molar-refractivity contribution in [1.82, 2.24) is 9.21 Å². The first-order valence-electron chi connectivity index (χ1n) is 9.21. The molecule has 5 nitrogen and oxygen atoms in total. The van der Waals surface area contributed by atoms with Gasteiger partial charge in [0.2, 0.25) is 15.9 Å². The molecular formula is C21H25ClN2O3S. The molecule has 0 atom stereocenters. The topological polar surface area (TPSA) is 57.7 Å². The molecule has 0 aliphatic carbocycles. The Morgan fingerprint density at radius 2 is 1.54 bits per heavy atom. The van der Waals surface area contributed by atoms with Gasteiger partial charge in [-0.3, -0.25) is 4.79 Å². The van der Waals surface area contributed by atoms with Crippen molar-refractivity contribution >= 4 is 27.5 Å². The van der Waals surface area contributed by atoms with Gasteiger partial charge >= 0.3 is 0 Å². The Labute approximate surface area is 172 Å². The molecule has 1 heterocycles. The smallest absolute Gasteiger partial charge is 0.243 e. The minimum atomic E-state index is -3.58. The summed E-state index contributed by atoms with van der Waals surface area (Å²) >= 11 is 6.02. The van der Waals surface area contributed by atoms with Crippen LogP contribution in [0.2, 0.25) is 5.02 Å². The van der Waals surface area contributed by atoms with E-state index in [1.165, 1.54) is 4.31 Å². The number of nitrogens with zero attached hydrogens (tertiary/aromatic N) is 2. The summed E-state index contributed by atoms with van der Waals surface area (Å²) in [6.45, 7) is 2.50. The molecule has 1 aliphatic heterocycles. The zero-order chi connectivity index (χ0) is 20.5. The number of rotatable bonds is 4. The third-order valence-electron chi connectivity index (χ3n) is 5.45. The van der Waals surface area contributed by atoms with Gasteiger partial charge in [0.05, 0.1) is 10.3 Å². The van der Waals surface area contributed by atoms with Gasteiger partial charge in [0.1, 0.15) is 0 Å². The van der Waals surface area contributed by atoms with Crippen LogP contribution in [0, 0.1) is 6.92 Å². The van der Waals surface area contributed by atoms with Crippen LogP contribution in [0.3, 0.4) is 0 Å². The lowest BCUT2D eigenvalue weighted by atomic mass is 9.72. The number of halogens is 1. The van der Waals surface area contributed by atoms with E-state index in [0.29, 0.717) is 31.0 Å². The van der Waals surface area contributed by atoms with Crippen molar-refractivity contribution < 1.29 is 13.2 Å². The van der Waals surface area contributed by atoms with Gasteiger partial charge in [0, 0.05) is 32.2 Å². The molecule has 0 spiro atoms. The van der Waals surface area contributed by atoms with Gasteiger partial charge < -0.3 is 4.90 Å². The van der Waals surface area contributed by atoms with Crippen LogP contribution in [0.15, 0.2) is 53.4 Å². The quantitative estimate of drug-likeness (QED) is 0.761. The van der Waals surface area contributed by atoms with Crippen molar-refractivity contribution in [3.63, 3.8) is 0 Å². The molecule has 0 aromatic heterocycles. The van der Waals surface area contributed by atoms with E-state index in [0.717, 1.165) is 11.1 Å². The number of hydrogen-bond donors (Lipinski definition) is 0. The maximum absolute atomic E-state index is 13.1. The van der Waals surface area contributed by atoms with E-state index in [4.69, 9.17) is 11.6 Å². The van der Waals surface area contributed by atoms with Crippen LogP contribution >= 0.6 is 11.6 Å². The Morgan fingerprint density at radius 3 is 2.04 bits per heavy atom. The lowest BCUT2D eigenvalue weighted by Gasteiger charge is -2.41. The normalized spacial score (nSPS) is 17.3. The highest BCUT2D eigenvalue weighted by Gasteiger charge is 2.45. The van der Waals surface area contributed by atoms with Crippen LogP contribution in [0.4, 0.5) is 0 Å². The van der Waals surface area contributed by atoms with Crippen molar-refractivity contribution in [2.75, 3.05) is 27.2 Å². The second-order valence-corrected chi connectivity index (χ2v) is 9.88. The van der Waals surface area contributed by atoms with Gasteiger partial charge in [-0.2, -0.15) is 4.31 Å². The first kappa shape index (κ1) is 20.8. The summed E-state index contributed by atoms with van der Waals surface area (Å²) in [7, 11) is -0.113. The van der Waals surface area contributed by atoms with Crippen LogP contribution in [0.5, 0.6) is 0 Å². The second-order valence-electron chi connectivity index (χ2n) is 7.51. The average Bonchev–Trinajstić information content (AvgIpc) is 2.68. The fourth-order valence-electron chi connectivity index (χ4n) is 3.79. The van der Waals surface area contributed by atoms with E-state index in [1.54, 1.807) is 55.4 Å². The Kier molecular flexibility index (Phi) is 5.84. The van der Waals surface area contributed by atoms with Gasteiger partial charge in [-0.1, -0.05) is 41.4 Å². The number of hydrogen-bond acceptors (Lipinski definition) is 3. The molecule has 0 unspecified atom stereocenters. The Hall–Kier alpha value is -1.89. The lowest BCUT2D eigenvalue weighted by Crippen LogP contribution is -2.52. The molecule has 2 aromatic carbocycles. The van der Waals surface area contributed by atoms with Crippen LogP contribution in [-0.2, 0) is 20.2 Å². The van der Waals surface area contributed by atoms with Gasteiger partial charge in [0.25, 0.3) is 0 Å². The maximum Gasteiger partial charge on any atom is 0.243 e. The minimum absolute atomic E-state index is 0.0118. The fourth-order valence-corrected chi connectivity index (χ4v) is 5.36. The summed E-state index contributed by atoms with van der Waals surface area (Å²) in [5, 5.41) is 0.607. The molecule has 1 saturated heterocycles. The van der Waals surface area contributed by atoms with E-state index in [2.05, 4.69) is 0 Å². The maximum atomic E-state index is 13.1. The zero-order valence-corrected chi connectivity index (χ0v) is 17.9. The molecule has 1 amide bonds. The zero-order valence-electron chi connectivity index (χ0n) is 16.4. The van der Waals surface area contributed by atoms with Crippen molar-refractivity contribution in [2.45, 2.75) is 30.1 Å². The number of amides is 1. The van der Waals surface area contributed by atoms with Crippen LogP contribution in [0.1, 0.15) is 24.0 Å². The van der Waals surface area contributed by atoms with E-state index < -0.39 is 15.4 Å². The van der Waals surface area contributed by atoms with E-state index in [1.807, 2.05) is 19.1 Å². The van der Waals surface area contributed by atoms with Crippen molar-refractivity contribution in [3.8, 4) is 0 Å². The highest BCUT2D eigenvalue weighted by molar-refractivity contribution is 7.89. The molecule has 7 heteroatoms. The SMILES string of the molecule is Cc1ccc(S(=O)(=O)N2CCC(C(=O)N(C)C)(c3ccc(Cl)cc3)CC2)cc1. The van der Waals surface area contributed by atoms with Gasteiger partial charge in [-0.25, -0.2) is 8.42 Å². The summed E-state index contributed by atoms with van der Waals surface area (Å²) in [5.41, 5.74) is 1.15. The number of carbonyl (C=O) groups excluding carboxylic acids is 1. The lowest BCUT2D eigenvalue weighted by molar-refractivity contribution is -0.136. The minimum Gasteiger partial charge on any atom is -0.348 e. The number of sulfonamides is 1. The van der Waals surface area contributed by atoms with Crippen LogP contribution in [0.25, 0.3) is 0 Å². The summed E-state index contributed by atoms with van der Waals surface area (Å²) in [6.07, 6.45) is 0.855. The molecule has 1 fully saturated rings. The van der Waals surface area contributed by atoms with E-state index in [9.17, 15) is 13.2 Å². The first-order valence-corrected chi connectivity index (χ1v) is 11.0. The number of aryl methyl sites for hydroxylation is 1. The van der Waals surface area contributed by atoms with Gasteiger partial charge in [-0.15, -0.1) is 0 Å². The van der Waals surface area contributed by atoms with Crippen molar-refractivity contribution in [1.29, 1.82) is 0 Å². The molecule has 150 valence electrons.